The summed E-state index contributed by atoms with van der Waals surface area (Å²) in [6.07, 6.45) is -0.155. The predicted molar refractivity (Wildman–Crippen MR) is 79.3 cm³/mol. The molecule has 0 saturated heterocycles. The van der Waals surface area contributed by atoms with E-state index < -0.39 is 18.0 Å². The maximum absolute atomic E-state index is 13.4. The molecule has 2 aromatic carbocycles. The summed E-state index contributed by atoms with van der Waals surface area (Å²) in [6, 6.07) is 11.1. The van der Waals surface area contributed by atoms with Gasteiger partial charge in [-0.05, 0) is 29.3 Å². The number of aliphatic hydroxyl groups excluding tert-OH is 1. The largest absolute Gasteiger partial charge is 0.494 e. The van der Waals surface area contributed by atoms with Crippen molar-refractivity contribution in [2.75, 3.05) is 7.11 Å². The zero-order chi connectivity index (χ0) is 15.7. The van der Waals surface area contributed by atoms with E-state index in [9.17, 15) is 14.3 Å². The molecule has 4 nitrogen and oxygen atoms in total. The second kappa shape index (κ2) is 5.77. The summed E-state index contributed by atoms with van der Waals surface area (Å²) in [6.45, 7) is 0. The lowest BCUT2D eigenvalue weighted by Gasteiger charge is -2.18. The van der Waals surface area contributed by atoms with Crippen LogP contribution < -0.4 is 10.1 Å². The van der Waals surface area contributed by atoms with Crippen molar-refractivity contribution in [2.45, 2.75) is 18.6 Å². The number of halogens is 1. The Labute approximate surface area is 127 Å². The number of hydrogen-bond acceptors (Lipinski definition) is 3. The lowest BCUT2D eigenvalue weighted by Crippen LogP contribution is -2.33. The molecule has 0 fully saturated rings. The summed E-state index contributed by atoms with van der Waals surface area (Å²) < 4.78 is 18.3. The van der Waals surface area contributed by atoms with E-state index in [1.54, 1.807) is 0 Å². The fourth-order valence-electron chi connectivity index (χ4n) is 2.77. The number of methoxy groups -OCH3 is 1. The zero-order valence-electron chi connectivity index (χ0n) is 12.0. The quantitative estimate of drug-likeness (QED) is 0.914. The number of carbonyl (C=O) groups is 1. The van der Waals surface area contributed by atoms with Crippen molar-refractivity contribution < 1.29 is 19.0 Å². The molecule has 114 valence electrons. The van der Waals surface area contributed by atoms with Crippen LogP contribution in [-0.2, 0) is 6.42 Å². The molecule has 0 bridgehead atoms. The fraction of sp³-hybridized carbons (Fsp3) is 0.235. The van der Waals surface area contributed by atoms with Crippen molar-refractivity contribution in [2.24, 2.45) is 0 Å². The van der Waals surface area contributed by atoms with E-state index in [1.165, 1.54) is 25.3 Å². The Kier molecular flexibility index (Phi) is 3.81. The molecule has 0 spiro atoms. The van der Waals surface area contributed by atoms with Crippen molar-refractivity contribution in [1.29, 1.82) is 0 Å². The average molecular weight is 301 g/mol. The highest BCUT2D eigenvalue weighted by Gasteiger charge is 2.32. The minimum Gasteiger partial charge on any atom is -0.494 e. The van der Waals surface area contributed by atoms with E-state index in [4.69, 9.17) is 4.74 Å². The van der Waals surface area contributed by atoms with Crippen LogP contribution in [0.4, 0.5) is 4.39 Å². The first kappa shape index (κ1) is 14.5. The molecule has 5 heteroatoms. The minimum absolute atomic E-state index is 0.0139. The topological polar surface area (TPSA) is 58.6 Å². The molecule has 1 aliphatic rings. The molecule has 0 aliphatic heterocycles. The first-order valence-corrected chi connectivity index (χ1v) is 7.00. The number of rotatable bonds is 3. The summed E-state index contributed by atoms with van der Waals surface area (Å²) in [5.41, 5.74) is 2.23. The lowest BCUT2D eigenvalue weighted by atomic mass is 10.1. The highest BCUT2D eigenvalue weighted by molar-refractivity contribution is 5.95. The van der Waals surface area contributed by atoms with Crippen molar-refractivity contribution in [3.05, 3.63) is 65.0 Å². The molecule has 0 radical (unpaired) electrons. The molecule has 0 aromatic heterocycles. The molecular formula is C17H16FNO3. The van der Waals surface area contributed by atoms with Crippen LogP contribution in [0.25, 0.3) is 0 Å². The van der Waals surface area contributed by atoms with E-state index in [-0.39, 0.29) is 17.2 Å². The maximum Gasteiger partial charge on any atom is 0.251 e. The summed E-state index contributed by atoms with van der Waals surface area (Å²) in [4.78, 5) is 12.3. The number of nitrogens with one attached hydrogen (secondary N) is 1. The van der Waals surface area contributed by atoms with Gasteiger partial charge in [0.2, 0.25) is 0 Å². The average Bonchev–Trinajstić information content (AvgIpc) is 2.84. The van der Waals surface area contributed by atoms with Gasteiger partial charge >= 0.3 is 0 Å². The van der Waals surface area contributed by atoms with Crippen LogP contribution in [0.15, 0.2) is 42.5 Å². The van der Waals surface area contributed by atoms with Gasteiger partial charge < -0.3 is 15.2 Å². The molecule has 1 amide bonds. The van der Waals surface area contributed by atoms with Crippen LogP contribution in [0.2, 0.25) is 0 Å². The van der Waals surface area contributed by atoms with Crippen LogP contribution in [0.3, 0.4) is 0 Å². The molecule has 0 saturated carbocycles. The standard InChI is InChI=1S/C17H16FNO3/c1-22-15-9-11(6-7-13(15)18)17(21)19-16-12-5-3-2-4-10(12)8-14(16)20/h2-7,9,14,16,20H,8H2,1H3,(H,19,21). The Hall–Kier alpha value is -2.40. The molecular weight excluding hydrogens is 285 g/mol. The van der Waals surface area contributed by atoms with Gasteiger partial charge in [0.25, 0.3) is 5.91 Å². The first-order valence-electron chi connectivity index (χ1n) is 7.00. The molecule has 1 aliphatic carbocycles. The lowest BCUT2D eigenvalue weighted by molar-refractivity contribution is 0.0858. The Bertz CT molecular complexity index is 717. The van der Waals surface area contributed by atoms with Crippen LogP contribution in [0.5, 0.6) is 5.75 Å². The molecule has 2 N–H and O–H groups in total. The van der Waals surface area contributed by atoms with E-state index in [0.29, 0.717) is 6.42 Å². The zero-order valence-corrected chi connectivity index (χ0v) is 12.0. The second-order valence-electron chi connectivity index (χ2n) is 5.27. The van der Waals surface area contributed by atoms with Crippen molar-refractivity contribution in [3.8, 4) is 5.75 Å². The number of aliphatic hydroxyl groups is 1. The van der Waals surface area contributed by atoms with Crippen molar-refractivity contribution in [3.63, 3.8) is 0 Å². The van der Waals surface area contributed by atoms with E-state index in [0.717, 1.165) is 11.1 Å². The molecule has 22 heavy (non-hydrogen) atoms. The SMILES string of the molecule is COc1cc(C(=O)NC2c3ccccc3CC2O)ccc1F. The summed E-state index contributed by atoms with van der Waals surface area (Å²) in [5, 5.41) is 13.0. The molecule has 2 aromatic rings. The number of ether oxygens (including phenoxy) is 1. The Morgan fingerprint density at radius 2 is 2.09 bits per heavy atom. The Morgan fingerprint density at radius 3 is 2.86 bits per heavy atom. The van der Waals surface area contributed by atoms with E-state index in [1.807, 2.05) is 24.3 Å². The number of carbonyl (C=O) groups excluding carboxylic acids is 1. The number of fused-ring (bicyclic) bond motifs is 1. The molecule has 0 heterocycles. The number of hydrogen-bond donors (Lipinski definition) is 2. The van der Waals surface area contributed by atoms with Crippen LogP contribution in [0, 0.1) is 5.82 Å². The van der Waals surface area contributed by atoms with Gasteiger partial charge in [-0.2, -0.15) is 0 Å². The van der Waals surface area contributed by atoms with Crippen LogP contribution in [0.1, 0.15) is 27.5 Å². The van der Waals surface area contributed by atoms with Gasteiger partial charge in [0.1, 0.15) is 0 Å². The van der Waals surface area contributed by atoms with Gasteiger partial charge in [-0.15, -0.1) is 0 Å². The van der Waals surface area contributed by atoms with Gasteiger partial charge in [0.05, 0.1) is 19.3 Å². The third-order valence-electron chi connectivity index (χ3n) is 3.90. The minimum atomic E-state index is -0.663. The summed E-state index contributed by atoms with van der Waals surface area (Å²) >= 11 is 0. The van der Waals surface area contributed by atoms with Crippen LogP contribution >= 0.6 is 0 Å². The third kappa shape index (κ3) is 2.55. The van der Waals surface area contributed by atoms with Crippen molar-refractivity contribution >= 4 is 5.91 Å². The van der Waals surface area contributed by atoms with Gasteiger partial charge in [0.15, 0.2) is 11.6 Å². The van der Waals surface area contributed by atoms with Crippen molar-refractivity contribution in [1.82, 2.24) is 5.32 Å². The Balaban J connectivity index is 1.83. The maximum atomic E-state index is 13.4. The summed E-state index contributed by atoms with van der Waals surface area (Å²) in [5.74, 6) is -0.885. The van der Waals surface area contributed by atoms with Crippen LogP contribution in [-0.4, -0.2) is 24.2 Å². The Morgan fingerprint density at radius 1 is 1.32 bits per heavy atom. The number of amides is 1. The fourth-order valence-corrected chi connectivity index (χ4v) is 2.77. The smallest absolute Gasteiger partial charge is 0.251 e. The number of benzene rings is 2. The molecule has 2 unspecified atom stereocenters. The van der Waals surface area contributed by atoms with Gasteiger partial charge in [-0.3, -0.25) is 4.79 Å². The third-order valence-corrected chi connectivity index (χ3v) is 3.90. The van der Waals surface area contributed by atoms with Gasteiger partial charge in [-0.25, -0.2) is 4.39 Å². The highest BCUT2D eigenvalue weighted by Crippen LogP contribution is 2.31. The van der Waals surface area contributed by atoms with Gasteiger partial charge in [-0.1, -0.05) is 24.3 Å². The summed E-state index contributed by atoms with van der Waals surface area (Å²) in [7, 11) is 1.34. The van der Waals surface area contributed by atoms with Gasteiger partial charge in [0, 0.05) is 12.0 Å². The predicted octanol–water partition coefficient (Wildman–Crippen LogP) is 2.22. The van der Waals surface area contributed by atoms with E-state index in [2.05, 4.69) is 5.32 Å². The first-order chi connectivity index (χ1) is 10.6. The second-order valence-corrected chi connectivity index (χ2v) is 5.27. The normalized spacial score (nSPS) is 19.6. The monoisotopic (exact) mass is 301 g/mol. The highest BCUT2D eigenvalue weighted by atomic mass is 19.1. The molecule has 3 rings (SSSR count). The van der Waals surface area contributed by atoms with E-state index >= 15 is 0 Å². The molecule has 2 atom stereocenters.